The molecule has 99 valence electrons. The largest absolute Gasteiger partial charge is 0.388 e. The molecule has 1 aromatic carbocycles. The molecule has 0 aliphatic heterocycles. The van der Waals surface area contributed by atoms with E-state index in [9.17, 15) is 0 Å². The predicted molar refractivity (Wildman–Crippen MR) is 81.8 cm³/mol. The smallest absolute Gasteiger partial charge is 0.117 e. The third kappa shape index (κ3) is 4.76. The number of nitrogens with zero attached hydrogens (tertiary/aromatic N) is 1. The number of hydrogen-bond donors (Lipinski definition) is 0. The summed E-state index contributed by atoms with van der Waals surface area (Å²) in [5.41, 5.74) is 1.27. The first kappa shape index (κ1) is 15.2. The standard InChI is InChI=1S/C15H24NOSi/c1-5-14-9-6-7-10-15(14)18(13-17-4)12-8-11-16(2)3/h5-7,9-10H,1,8,11-13H2,2-4H3. The molecule has 0 aromatic heterocycles. The second-order valence-electron chi connectivity index (χ2n) is 4.73. The van der Waals surface area contributed by atoms with Crippen molar-refractivity contribution in [3.05, 3.63) is 36.4 Å². The third-order valence-corrected chi connectivity index (χ3v) is 5.78. The molecule has 0 aliphatic carbocycles. The molecule has 0 saturated heterocycles. The molecule has 1 radical (unpaired) electrons. The molecule has 0 unspecified atom stereocenters. The van der Waals surface area contributed by atoms with Crippen LogP contribution in [-0.2, 0) is 4.74 Å². The van der Waals surface area contributed by atoms with E-state index >= 15 is 0 Å². The van der Waals surface area contributed by atoms with E-state index < -0.39 is 8.80 Å². The van der Waals surface area contributed by atoms with E-state index in [1.165, 1.54) is 23.2 Å². The van der Waals surface area contributed by atoms with Gasteiger partial charge in [0.05, 0.1) is 0 Å². The number of methoxy groups -OCH3 is 1. The van der Waals surface area contributed by atoms with E-state index in [0.29, 0.717) is 0 Å². The minimum Gasteiger partial charge on any atom is -0.388 e. The summed E-state index contributed by atoms with van der Waals surface area (Å²) >= 11 is 0. The summed E-state index contributed by atoms with van der Waals surface area (Å²) in [5, 5.41) is 1.46. The summed E-state index contributed by atoms with van der Waals surface area (Å²) in [6.07, 6.45) is 4.07. The third-order valence-electron chi connectivity index (χ3n) is 2.96. The molecule has 0 saturated carbocycles. The van der Waals surface area contributed by atoms with Crippen molar-refractivity contribution >= 4 is 20.1 Å². The molecule has 0 heterocycles. The van der Waals surface area contributed by atoms with Crippen molar-refractivity contribution in [1.82, 2.24) is 4.90 Å². The summed E-state index contributed by atoms with van der Waals surface area (Å²) in [6.45, 7) is 5.06. The topological polar surface area (TPSA) is 12.5 Å². The normalized spacial score (nSPS) is 11.2. The van der Waals surface area contributed by atoms with Gasteiger partial charge < -0.3 is 9.64 Å². The quantitative estimate of drug-likeness (QED) is 0.666. The first-order valence-corrected chi connectivity index (χ1v) is 8.30. The van der Waals surface area contributed by atoms with Gasteiger partial charge in [-0.2, -0.15) is 0 Å². The molecular formula is C15H24NOSi. The number of rotatable bonds is 8. The molecule has 0 atom stereocenters. The summed E-state index contributed by atoms with van der Waals surface area (Å²) < 4.78 is 5.41. The highest BCUT2D eigenvalue weighted by molar-refractivity contribution is 6.73. The number of hydrogen-bond acceptors (Lipinski definition) is 2. The molecule has 0 fully saturated rings. The fourth-order valence-corrected chi connectivity index (χ4v) is 4.49. The Hall–Kier alpha value is -0.903. The van der Waals surface area contributed by atoms with Crippen molar-refractivity contribution in [2.45, 2.75) is 12.5 Å². The van der Waals surface area contributed by atoms with Gasteiger partial charge in [0, 0.05) is 13.3 Å². The van der Waals surface area contributed by atoms with Gasteiger partial charge in [-0.3, -0.25) is 0 Å². The van der Waals surface area contributed by atoms with Gasteiger partial charge in [0.15, 0.2) is 0 Å². The zero-order valence-corrected chi connectivity index (χ0v) is 12.8. The Balaban J connectivity index is 2.73. The zero-order chi connectivity index (χ0) is 13.4. The van der Waals surface area contributed by atoms with Gasteiger partial charge in [-0.05, 0) is 32.6 Å². The first-order chi connectivity index (χ1) is 8.69. The average molecular weight is 262 g/mol. The fourth-order valence-electron chi connectivity index (χ4n) is 2.06. The lowest BCUT2D eigenvalue weighted by Crippen LogP contribution is -2.37. The second kappa shape index (κ2) is 8.24. The van der Waals surface area contributed by atoms with Gasteiger partial charge in [-0.15, -0.1) is 0 Å². The Morgan fingerprint density at radius 2 is 2.06 bits per heavy atom. The van der Waals surface area contributed by atoms with Crippen molar-refractivity contribution in [2.24, 2.45) is 0 Å². The summed E-state index contributed by atoms with van der Waals surface area (Å²) in [4.78, 5) is 2.24. The first-order valence-electron chi connectivity index (χ1n) is 6.39. The van der Waals surface area contributed by atoms with E-state index in [1.54, 1.807) is 7.11 Å². The summed E-state index contributed by atoms with van der Waals surface area (Å²) in [5.74, 6) is 0. The Bertz CT molecular complexity index is 365. The monoisotopic (exact) mass is 262 g/mol. The lowest BCUT2D eigenvalue weighted by Gasteiger charge is -2.18. The Morgan fingerprint density at radius 1 is 1.33 bits per heavy atom. The van der Waals surface area contributed by atoms with Gasteiger partial charge >= 0.3 is 0 Å². The molecule has 0 spiro atoms. The summed E-state index contributed by atoms with van der Waals surface area (Å²) in [7, 11) is 5.42. The van der Waals surface area contributed by atoms with Gasteiger partial charge in [0.25, 0.3) is 0 Å². The molecule has 1 rings (SSSR count). The van der Waals surface area contributed by atoms with Crippen molar-refractivity contribution in [3.63, 3.8) is 0 Å². The van der Waals surface area contributed by atoms with Crippen LogP contribution in [0.25, 0.3) is 6.08 Å². The van der Waals surface area contributed by atoms with Gasteiger partial charge in [-0.25, -0.2) is 0 Å². The maximum Gasteiger partial charge on any atom is 0.117 e. The van der Waals surface area contributed by atoms with Gasteiger partial charge in [-0.1, -0.05) is 48.2 Å². The van der Waals surface area contributed by atoms with Crippen LogP contribution in [0, 0.1) is 0 Å². The van der Waals surface area contributed by atoms with E-state index in [-0.39, 0.29) is 0 Å². The molecule has 0 N–H and O–H groups in total. The predicted octanol–water partition coefficient (Wildman–Crippen LogP) is 2.17. The van der Waals surface area contributed by atoms with Crippen LogP contribution in [0.1, 0.15) is 12.0 Å². The second-order valence-corrected chi connectivity index (χ2v) is 7.27. The van der Waals surface area contributed by atoms with Crippen LogP contribution in [0.2, 0.25) is 6.04 Å². The zero-order valence-electron chi connectivity index (χ0n) is 11.8. The van der Waals surface area contributed by atoms with Crippen LogP contribution in [-0.4, -0.2) is 47.7 Å². The average Bonchev–Trinajstić information content (AvgIpc) is 2.37. The molecule has 2 nitrogen and oxygen atoms in total. The van der Waals surface area contributed by atoms with Crippen molar-refractivity contribution in [3.8, 4) is 0 Å². The van der Waals surface area contributed by atoms with Gasteiger partial charge in [0.1, 0.15) is 8.80 Å². The van der Waals surface area contributed by atoms with Crippen LogP contribution in [0.3, 0.4) is 0 Å². The van der Waals surface area contributed by atoms with Crippen molar-refractivity contribution < 1.29 is 4.74 Å². The molecular weight excluding hydrogens is 238 g/mol. The lowest BCUT2D eigenvalue weighted by atomic mass is 10.2. The number of ether oxygens (including phenoxy) is 1. The maximum atomic E-state index is 5.41. The molecule has 0 amide bonds. The highest BCUT2D eigenvalue weighted by atomic mass is 28.3. The molecule has 0 aliphatic rings. The highest BCUT2D eigenvalue weighted by Gasteiger charge is 2.16. The molecule has 1 aromatic rings. The molecule has 0 bridgehead atoms. The van der Waals surface area contributed by atoms with E-state index in [0.717, 1.165) is 12.8 Å². The van der Waals surface area contributed by atoms with E-state index in [4.69, 9.17) is 4.74 Å². The van der Waals surface area contributed by atoms with E-state index in [1.807, 2.05) is 6.08 Å². The van der Waals surface area contributed by atoms with E-state index in [2.05, 4.69) is 49.8 Å². The minimum atomic E-state index is -0.631. The van der Waals surface area contributed by atoms with Crippen LogP contribution in [0.15, 0.2) is 30.8 Å². The Morgan fingerprint density at radius 3 is 2.67 bits per heavy atom. The van der Waals surface area contributed by atoms with Crippen molar-refractivity contribution in [2.75, 3.05) is 34.0 Å². The number of benzene rings is 1. The maximum absolute atomic E-state index is 5.41. The van der Waals surface area contributed by atoms with Crippen LogP contribution in [0.5, 0.6) is 0 Å². The molecule has 3 heteroatoms. The molecule has 18 heavy (non-hydrogen) atoms. The van der Waals surface area contributed by atoms with Gasteiger partial charge in [0.2, 0.25) is 0 Å². The van der Waals surface area contributed by atoms with Crippen LogP contribution in [0.4, 0.5) is 0 Å². The summed E-state index contributed by atoms with van der Waals surface area (Å²) in [6, 6.07) is 9.83. The SMILES string of the molecule is C=Cc1ccccc1[Si](CCCN(C)C)COC. The minimum absolute atomic E-state index is 0.631. The lowest BCUT2D eigenvalue weighted by molar-refractivity contribution is 0.249. The van der Waals surface area contributed by atoms with Crippen LogP contribution < -0.4 is 5.19 Å². The highest BCUT2D eigenvalue weighted by Crippen LogP contribution is 2.06. The van der Waals surface area contributed by atoms with Crippen molar-refractivity contribution in [1.29, 1.82) is 0 Å². The fraction of sp³-hybridized carbons (Fsp3) is 0.467. The Kier molecular flexibility index (Phi) is 6.94. The Labute approximate surface area is 113 Å². The van der Waals surface area contributed by atoms with Crippen LogP contribution >= 0.6 is 0 Å².